The van der Waals surface area contributed by atoms with Crippen LogP contribution in [0, 0.1) is 0 Å². The third-order valence-corrected chi connectivity index (χ3v) is 3.78. The molecular weight excluding hydrogens is 325 g/mol. The van der Waals surface area contributed by atoms with Gasteiger partial charge >= 0.3 is 6.18 Å². The summed E-state index contributed by atoms with van der Waals surface area (Å²) < 4.78 is 38.4. The van der Waals surface area contributed by atoms with Crippen molar-refractivity contribution < 1.29 is 18.0 Å². The second-order valence-corrected chi connectivity index (χ2v) is 5.53. The minimum Gasteiger partial charge on any atom is -0.272 e. The molecule has 7 heteroatoms. The molecule has 2 rings (SSSR count). The monoisotopic (exact) mass is 338 g/mol. The molecule has 1 N–H and O–H groups in total. The van der Waals surface area contributed by atoms with Gasteiger partial charge in [0.25, 0.3) is 0 Å². The van der Waals surface area contributed by atoms with Crippen molar-refractivity contribution in [3.8, 4) is 0 Å². The van der Waals surface area contributed by atoms with Crippen LogP contribution in [0.4, 0.5) is 13.2 Å². The lowest BCUT2D eigenvalue weighted by atomic mass is 10.1. The van der Waals surface area contributed by atoms with Crippen LogP contribution in [-0.2, 0) is 11.0 Å². The second kappa shape index (κ2) is 7.82. The molecule has 0 heterocycles. The molecule has 2 aromatic rings. The largest absolute Gasteiger partial charge is 0.417 e. The van der Waals surface area contributed by atoms with Gasteiger partial charge in [-0.1, -0.05) is 36.4 Å². The highest BCUT2D eigenvalue weighted by molar-refractivity contribution is 8.00. The van der Waals surface area contributed by atoms with Crippen LogP contribution in [0.25, 0.3) is 0 Å². The van der Waals surface area contributed by atoms with Gasteiger partial charge in [0.1, 0.15) is 0 Å². The van der Waals surface area contributed by atoms with Crippen molar-refractivity contribution in [1.29, 1.82) is 0 Å². The number of amides is 1. The van der Waals surface area contributed by atoms with Gasteiger partial charge < -0.3 is 0 Å². The van der Waals surface area contributed by atoms with Gasteiger partial charge in [-0.25, -0.2) is 5.43 Å². The van der Waals surface area contributed by atoms with E-state index in [0.29, 0.717) is 0 Å². The fourth-order valence-electron chi connectivity index (χ4n) is 1.74. The Morgan fingerprint density at radius 3 is 2.43 bits per heavy atom. The van der Waals surface area contributed by atoms with Gasteiger partial charge in [0.05, 0.1) is 17.5 Å². The van der Waals surface area contributed by atoms with Crippen LogP contribution in [0.15, 0.2) is 64.6 Å². The topological polar surface area (TPSA) is 41.5 Å². The highest BCUT2D eigenvalue weighted by Gasteiger charge is 2.32. The van der Waals surface area contributed by atoms with Crippen LogP contribution in [0.1, 0.15) is 11.1 Å². The van der Waals surface area contributed by atoms with E-state index in [-0.39, 0.29) is 17.2 Å². The number of carbonyl (C=O) groups excluding carboxylic acids is 1. The molecule has 120 valence electrons. The summed E-state index contributed by atoms with van der Waals surface area (Å²) >= 11 is 1.32. The average molecular weight is 338 g/mol. The second-order valence-electron chi connectivity index (χ2n) is 4.48. The van der Waals surface area contributed by atoms with E-state index in [1.165, 1.54) is 30.0 Å². The van der Waals surface area contributed by atoms with Gasteiger partial charge in [-0.15, -0.1) is 11.8 Å². The number of thioether (sulfide) groups is 1. The maximum atomic E-state index is 12.8. The Bertz CT molecular complexity index is 687. The van der Waals surface area contributed by atoms with E-state index in [2.05, 4.69) is 10.5 Å². The Labute approximate surface area is 135 Å². The van der Waals surface area contributed by atoms with Crippen LogP contribution in [0.5, 0.6) is 0 Å². The molecular formula is C16H13F3N2OS. The third kappa shape index (κ3) is 5.45. The molecule has 1 amide bonds. The van der Waals surface area contributed by atoms with Crippen molar-refractivity contribution in [2.24, 2.45) is 5.10 Å². The number of nitrogens with zero attached hydrogens (tertiary/aromatic N) is 1. The Hall–Kier alpha value is -2.28. The summed E-state index contributed by atoms with van der Waals surface area (Å²) in [6, 6.07) is 14.3. The van der Waals surface area contributed by atoms with E-state index in [9.17, 15) is 18.0 Å². The Balaban J connectivity index is 1.91. The number of nitrogens with one attached hydrogen (secondary N) is 1. The maximum Gasteiger partial charge on any atom is 0.417 e. The summed E-state index contributed by atoms with van der Waals surface area (Å²) in [6.45, 7) is 0. The Morgan fingerprint density at radius 1 is 1.09 bits per heavy atom. The molecule has 23 heavy (non-hydrogen) atoms. The minimum absolute atomic E-state index is 0.101. The summed E-state index contributed by atoms with van der Waals surface area (Å²) in [5, 5.41) is 3.59. The fraction of sp³-hybridized carbons (Fsp3) is 0.125. The summed E-state index contributed by atoms with van der Waals surface area (Å²) in [5.41, 5.74) is 1.33. The normalized spacial score (nSPS) is 11.6. The summed E-state index contributed by atoms with van der Waals surface area (Å²) in [5.74, 6) is -0.262. The lowest BCUT2D eigenvalue weighted by Crippen LogP contribution is -2.20. The maximum absolute atomic E-state index is 12.8. The molecule has 0 aliphatic carbocycles. The van der Waals surface area contributed by atoms with Gasteiger partial charge in [0.15, 0.2) is 0 Å². The van der Waals surface area contributed by atoms with Crippen molar-refractivity contribution in [2.45, 2.75) is 11.1 Å². The number of hydrogen-bond donors (Lipinski definition) is 1. The van der Waals surface area contributed by atoms with Crippen molar-refractivity contribution in [2.75, 3.05) is 5.75 Å². The molecule has 0 spiro atoms. The minimum atomic E-state index is -4.46. The zero-order valence-corrected chi connectivity index (χ0v) is 12.7. The molecule has 0 fully saturated rings. The van der Waals surface area contributed by atoms with E-state index < -0.39 is 11.7 Å². The quantitative estimate of drug-likeness (QED) is 0.509. The number of rotatable bonds is 5. The Kier molecular flexibility index (Phi) is 5.81. The predicted molar refractivity (Wildman–Crippen MR) is 84.3 cm³/mol. The SMILES string of the molecule is O=C(CSc1ccccc1)N/N=C\c1ccccc1C(F)(F)F. The van der Waals surface area contributed by atoms with E-state index >= 15 is 0 Å². The van der Waals surface area contributed by atoms with Gasteiger partial charge in [-0.3, -0.25) is 4.79 Å². The molecule has 0 unspecified atom stereocenters. The first-order chi connectivity index (χ1) is 11.0. The van der Waals surface area contributed by atoms with Crippen LogP contribution >= 0.6 is 11.8 Å². The van der Waals surface area contributed by atoms with E-state index in [1.807, 2.05) is 30.3 Å². The van der Waals surface area contributed by atoms with Crippen molar-refractivity contribution in [1.82, 2.24) is 5.43 Å². The number of hydrazone groups is 1. The predicted octanol–water partition coefficient (Wildman–Crippen LogP) is 3.95. The van der Waals surface area contributed by atoms with E-state index in [1.54, 1.807) is 0 Å². The number of halogens is 3. The zero-order valence-electron chi connectivity index (χ0n) is 11.9. The van der Waals surface area contributed by atoms with Crippen LogP contribution in [0.2, 0.25) is 0 Å². The number of carbonyl (C=O) groups is 1. The number of alkyl halides is 3. The third-order valence-electron chi connectivity index (χ3n) is 2.77. The highest BCUT2D eigenvalue weighted by Crippen LogP contribution is 2.31. The number of hydrogen-bond acceptors (Lipinski definition) is 3. The molecule has 0 saturated heterocycles. The summed E-state index contributed by atoms with van der Waals surface area (Å²) in [7, 11) is 0. The lowest BCUT2D eigenvalue weighted by molar-refractivity contribution is -0.137. The molecule has 0 atom stereocenters. The molecule has 2 aromatic carbocycles. The number of benzene rings is 2. The van der Waals surface area contributed by atoms with Gasteiger partial charge in [0, 0.05) is 10.5 Å². The molecule has 0 radical (unpaired) electrons. The van der Waals surface area contributed by atoms with Gasteiger partial charge in [0.2, 0.25) is 5.91 Å². The zero-order chi connectivity index (χ0) is 16.7. The first-order valence-electron chi connectivity index (χ1n) is 6.63. The molecule has 0 bridgehead atoms. The smallest absolute Gasteiger partial charge is 0.272 e. The molecule has 0 saturated carbocycles. The average Bonchev–Trinajstić information content (AvgIpc) is 2.53. The molecule has 0 aliphatic heterocycles. The van der Waals surface area contributed by atoms with E-state index in [0.717, 1.165) is 17.2 Å². The van der Waals surface area contributed by atoms with Gasteiger partial charge in [-0.2, -0.15) is 18.3 Å². The Morgan fingerprint density at radius 2 is 1.74 bits per heavy atom. The van der Waals surface area contributed by atoms with Crippen molar-refractivity contribution >= 4 is 23.9 Å². The summed E-state index contributed by atoms with van der Waals surface area (Å²) in [6.07, 6.45) is -3.47. The molecule has 0 aromatic heterocycles. The molecule has 3 nitrogen and oxygen atoms in total. The highest BCUT2D eigenvalue weighted by atomic mass is 32.2. The van der Waals surface area contributed by atoms with Crippen molar-refractivity contribution in [3.63, 3.8) is 0 Å². The van der Waals surface area contributed by atoms with Gasteiger partial charge in [-0.05, 0) is 18.2 Å². The fourth-order valence-corrected chi connectivity index (χ4v) is 2.45. The van der Waals surface area contributed by atoms with E-state index in [4.69, 9.17) is 0 Å². The van der Waals surface area contributed by atoms with Crippen LogP contribution in [0.3, 0.4) is 0 Å². The molecule has 0 aliphatic rings. The standard InChI is InChI=1S/C16H13F3N2OS/c17-16(18,19)14-9-5-4-6-12(14)10-20-21-15(22)11-23-13-7-2-1-3-8-13/h1-10H,11H2,(H,21,22)/b20-10-. The first kappa shape index (κ1) is 17.1. The van der Waals surface area contributed by atoms with Crippen LogP contribution in [-0.4, -0.2) is 17.9 Å². The van der Waals surface area contributed by atoms with Crippen molar-refractivity contribution in [3.05, 3.63) is 65.7 Å². The lowest BCUT2D eigenvalue weighted by Gasteiger charge is -2.09. The van der Waals surface area contributed by atoms with Crippen LogP contribution < -0.4 is 5.43 Å². The summed E-state index contributed by atoms with van der Waals surface area (Å²) in [4.78, 5) is 12.5. The first-order valence-corrected chi connectivity index (χ1v) is 7.61.